The van der Waals surface area contributed by atoms with E-state index >= 15 is 0 Å². The maximum Gasteiger partial charge on any atom is 0.0843 e. The predicted molar refractivity (Wildman–Crippen MR) is 81.4 cm³/mol. The largest absolute Gasteiger partial charge is 0.328 e. The first-order valence-corrected chi connectivity index (χ1v) is 8.38. The molecule has 1 aliphatic heterocycles. The summed E-state index contributed by atoms with van der Waals surface area (Å²) < 4.78 is 2.35. The van der Waals surface area contributed by atoms with Crippen molar-refractivity contribution in [2.24, 2.45) is 11.7 Å². The molecule has 5 heteroatoms. The molecular formula is C12H18Br2N2S. The molecule has 2 nitrogen and oxygen atoms in total. The van der Waals surface area contributed by atoms with Crippen LogP contribution in [-0.2, 0) is 6.54 Å². The molecule has 1 aliphatic rings. The number of thiophene rings is 1. The molecule has 2 rings (SSSR count). The Hall–Kier alpha value is 0.580. The second-order valence-corrected chi connectivity index (χ2v) is 8.14. The summed E-state index contributed by atoms with van der Waals surface area (Å²) in [6, 6.07) is 2.53. The smallest absolute Gasteiger partial charge is 0.0843 e. The highest BCUT2D eigenvalue weighted by molar-refractivity contribution is 9.13. The number of piperidine rings is 1. The van der Waals surface area contributed by atoms with E-state index in [4.69, 9.17) is 5.73 Å². The highest BCUT2D eigenvalue weighted by Gasteiger charge is 2.23. The van der Waals surface area contributed by atoms with E-state index in [1.807, 2.05) is 11.3 Å². The molecule has 1 saturated heterocycles. The summed E-state index contributed by atoms with van der Waals surface area (Å²) in [6.07, 6.45) is 2.56. The van der Waals surface area contributed by atoms with Crippen molar-refractivity contribution in [1.82, 2.24) is 4.90 Å². The van der Waals surface area contributed by atoms with Crippen LogP contribution in [0.3, 0.4) is 0 Å². The molecule has 0 bridgehead atoms. The van der Waals surface area contributed by atoms with Crippen LogP contribution in [0.5, 0.6) is 0 Å². The molecule has 2 N–H and O–H groups in total. The number of likely N-dealkylation sites (tertiary alicyclic amines) is 1. The van der Waals surface area contributed by atoms with E-state index in [0.717, 1.165) is 13.1 Å². The Morgan fingerprint density at radius 1 is 1.59 bits per heavy atom. The standard InChI is InChI=1S/C12H18Br2N2S/c1-8(15)9-3-2-4-16(6-9)7-10-5-11(13)12(14)17-10/h5,8-9H,2-4,6-7,15H2,1H3. The van der Waals surface area contributed by atoms with Gasteiger partial charge in [0.25, 0.3) is 0 Å². The third-order valence-electron chi connectivity index (χ3n) is 3.36. The molecule has 2 heterocycles. The summed E-state index contributed by atoms with van der Waals surface area (Å²) in [5.74, 6) is 0.663. The number of nitrogens with zero attached hydrogens (tertiary/aromatic N) is 1. The van der Waals surface area contributed by atoms with Gasteiger partial charge >= 0.3 is 0 Å². The van der Waals surface area contributed by atoms with Crippen LogP contribution in [0.1, 0.15) is 24.6 Å². The molecule has 0 saturated carbocycles. The van der Waals surface area contributed by atoms with E-state index in [1.165, 1.54) is 32.5 Å². The Bertz CT molecular complexity index is 359. The predicted octanol–water partition coefficient (Wildman–Crippen LogP) is 3.83. The van der Waals surface area contributed by atoms with Gasteiger partial charge in [-0.2, -0.15) is 0 Å². The molecule has 17 heavy (non-hydrogen) atoms. The minimum Gasteiger partial charge on any atom is -0.328 e. The first-order chi connectivity index (χ1) is 8.06. The van der Waals surface area contributed by atoms with Crippen molar-refractivity contribution in [1.29, 1.82) is 0 Å². The van der Waals surface area contributed by atoms with E-state index in [2.05, 4.69) is 49.7 Å². The monoisotopic (exact) mass is 380 g/mol. The average molecular weight is 382 g/mol. The third kappa shape index (κ3) is 3.77. The van der Waals surface area contributed by atoms with Crippen molar-refractivity contribution >= 4 is 43.2 Å². The van der Waals surface area contributed by atoms with Crippen LogP contribution < -0.4 is 5.73 Å². The fourth-order valence-electron chi connectivity index (χ4n) is 2.35. The highest BCUT2D eigenvalue weighted by atomic mass is 79.9. The second kappa shape index (κ2) is 6.15. The van der Waals surface area contributed by atoms with Gasteiger partial charge in [-0.1, -0.05) is 0 Å². The third-order valence-corrected chi connectivity index (χ3v) is 6.60. The van der Waals surface area contributed by atoms with E-state index < -0.39 is 0 Å². The van der Waals surface area contributed by atoms with Crippen LogP contribution in [0.2, 0.25) is 0 Å². The SMILES string of the molecule is CC(N)C1CCCN(Cc2cc(Br)c(Br)s2)C1. The van der Waals surface area contributed by atoms with Crippen LogP contribution in [0.25, 0.3) is 0 Å². The minimum absolute atomic E-state index is 0.319. The Labute approximate surface area is 124 Å². The number of hydrogen-bond acceptors (Lipinski definition) is 3. The van der Waals surface area contributed by atoms with Gasteiger partial charge in [-0.05, 0) is 70.2 Å². The van der Waals surface area contributed by atoms with Crippen molar-refractivity contribution in [2.45, 2.75) is 32.4 Å². The molecule has 2 unspecified atom stereocenters. The van der Waals surface area contributed by atoms with Gasteiger partial charge in [-0.3, -0.25) is 4.90 Å². The van der Waals surface area contributed by atoms with E-state index in [0.29, 0.717) is 12.0 Å². The van der Waals surface area contributed by atoms with Gasteiger partial charge in [0.2, 0.25) is 0 Å². The van der Waals surface area contributed by atoms with Gasteiger partial charge in [0.15, 0.2) is 0 Å². The maximum atomic E-state index is 6.01. The van der Waals surface area contributed by atoms with Gasteiger partial charge in [-0.15, -0.1) is 11.3 Å². The summed E-state index contributed by atoms with van der Waals surface area (Å²) >= 11 is 8.90. The topological polar surface area (TPSA) is 29.3 Å². The summed E-state index contributed by atoms with van der Waals surface area (Å²) in [7, 11) is 0. The van der Waals surface area contributed by atoms with Gasteiger partial charge in [0, 0.05) is 28.5 Å². The van der Waals surface area contributed by atoms with Crippen molar-refractivity contribution in [2.75, 3.05) is 13.1 Å². The average Bonchev–Trinajstić information content (AvgIpc) is 2.58. The van der Waals surface area contributed by atoms with Gasteiger partial charge < -0.3 is 5.73 Å². The van der Waals surface area contributed by atoms with Crippen molar-refractivity contribution in [3.8, 4) is 0 Å². The van der Waals surface area contributed by atoms with Crippen LogP contribution in [0.15, 0.2) is 14.3 Å². The lowest BCUT2D eigenvalue weighted by Crippen LogP contribution is -2.41. The summed E-state index contributed by atoms with van der Waals surface area (Å²) in [5, 5.41) is 0. The Balaban J connectivity index is 1.94. The minimum atomic E-state index is 0.319. The molecular weight excluding hydrogens is 364 g/mol. The lowest BCUT2D eigenvalue weighted by Gasteiger charge is -2.34. The zero-order valence-corrected chi connectivity index (χ0v) is 13.9. The second-order valence-electron chi connectivity index (χ2n) is 4.83. The van der Waals surface area contributed by atoms with Gasteiger partial charge in [0.05, 0.1) is 3.79 Å². The lowest BCUT2D eigenvalue weighted by molar-refractivity contribution is 0.155. The summed E-state index contributed by atoms with van der Waals surface area (Å²) in [4.78, 5) is 3.94. The fourth-order valence-corrected chi connectivity index (χ4v) is 4.57. The molecule has 1 aromatic heterocycles. The molecule has 0 aliphatic carbocycles. The zero-order valence-electron chi connectivity index (χ0n) is 9.96. The summed E-state index contributed by atoms with van der Waals surface area (Å²) in [6.45, 7) is 5.53. The molecule has 0 spiro atoms. The van der Waals surface area contributed by atoms with E-state index in [9.17, 15) is 0 Å². The molecule has 1 aromatic rings. The highest BCUT2D eigenvalue weighted by Crippen LogP contribution is 2.33. The fraction of sp³-hybridized carbons (Fsp3) is 0.667. The number of hydrogen-bond donors (Lipinski definition) is 1. The Kier molecular flexibility index (Phi) is 5.06. The molecule has 1 fully saturated rings. The molecule has 0 amide bonds. The molecule has 0 aromatic carbocycles. The van der Waals surface area contributed by atoms with Crippen LogP contribution in [0, 0.1) is 5.92 Å². The first-order valence-electron chi connectivity index (χ1n) is 5.98. The normalized spacial score (nSPS) is 23.9. The quantitative estimate of drug-likeness (QED) is 0.861. The van der Waals surface area contributed by atoms with Gasteiger partial charge in [0.1, 0.15) is 0 Å². The van der Waals surface area contributed by atoms with Crippen LogP contribution in [-0.4, -0.2) is 24.0 Å². The number of halogens is 2. The Morgan fingerprint density at radius 2 is 2.35 bits per heavy atom. The summed E-state index contributed by atoms with van der Waals surface area (Å²) in [5.41, 5.74) is 6.01. The lowest BCUT2D eigenvalue weighted by atomic mass is 9.92. The van der Waals surface area contributed by atoms with Crippen LogP contribution >= 0.6 is 43.2 Å². The van der Waals surface area contributed by atoms with Gasteiger partial charge in [-0.25, -0.2) is 0 Å². The molecule has 2 atom stereocenters. The van der Waals surface area contributed by atoms with Crippen LogP contribution in [0.4, 0.5) is 0 Å². The zero-order chi connectivity index (χ0) is 12.4. The van der Waals surface area contributed by atoms with E-state index in [1.54, 1.807) is 0 Å². The maximum absolute atomic E-state index is 6.01. The number of nitrogens with two attached hydrogens (primary N) is 1. The molecule has 96 valence electrons. The first kappa shape index (κ1) is 14.0. The van der Waals surface area contributed by atoms with E-state index in [-0.39, 0.29) is 0 Å². The molecule has 0 radical (unpaired) electrons. The van der Waals surface area contributed by atoms with Crippen molar-refractivity contribution in [3.05, 3.63) is 19.2 Å². The van der Waals surface area contributed by atoms with Crippen molar-refractivity contribution < 1.29 is 0 Å². The Morgan fingerprint density at radius 3 is 2.94 bits per heavy atom. The number of rotatable bonds is 3. The van der Waals surface area contributed by atoms with Crippen molar-refractivity contribution in [3.63, 3.8) is 0 Å².